The maximum Gasteiger partial charge on any atom is 0.255 e. The average Bonchev–Trinajstić information content (AvgIpc) is 2.35. The van der Waals surface area contributed by atoms with Crippen LogP contribution in [0.5, 0.6) is 0 Å². The summed E-state index contributed by atoms with van der Waals surface area (Å²) in [5.74, 6) is -0.113. The Kier molecular flexibility index (Phi) is 4.19. The van der Waals surface area contributed by atoms with E-state index in [-0.39, 0.29) is 5.91 Å². The maximum absolute atomic E-state index is 12.1. The van der Waals surface area contributed by atoms with Gasteiger partial charge in [-0.1, -0.05) is 28.1 Å². The number of hydrogen-bond acceptors (Lipinski definition) is 1. The number of carbonyl (C=O) groups excluding carboxylic acids is 1. The molecule has 0 radical (unpaired) electrons. The molecule has 0 fully saturated rings. The van der Waals surface area contributed by atoms with E-state index < -0.39 is 0 Å². The minimum absolute atomic E-state index is 0.113. The van der Waals surface area contributed by atoms with Crippen LogP contribution in [0, 0.1) is 6.92 Å². The Balaban J connectivity index is 2.22. The fourth-order valence-corrected chi connectivity index (χ4v) is 2.17. The molecule has 0 unspecified atom stereocenters. The quantitative estimate of drug-likeness (QED) is 0.812. The maximum atomic E-state index is 12.1. The lowest BCUT2D eigenvalue weighted by molar-refractivity contribution is 0.102. The summed E-state index contributed by atoms with van der Waals surface area (Å²) in [5.41, 5.74) is 2.45. The van der Waals surface area contributed by atoms with Crippen molar-refractivity contribution in [1.82, 2.24) is 0 Å². The highest BCUT2D eigenvalue weighted by atomic mass is 79.9. The van der Waals surface area contributed by atoms with Gasteiger partial charge in [0.15, 0.2) is 0 Å². The fourth-order valence-electron chi connectivity index (χ4n) is 1.54. The molecule has 1 amide bonds. The highest BCUT2D eigenvalue weighted by molar-refractivity contribution is 9.10. The number of aryl methyl sites for hydroxylation is 1. The van der Waals surface area contributed by atoms with Crippen LogP contribution in [0.3, 0.4) is 0 Å². The lowest BCUT2D eigenvalue weighted by atomic mass is 10.1. The summed E-state index contributed by atoms with van der Waals surface area (Å²) in [6.45, 7) is 1.96. The lowest BCUT2D eigenvalue weighted by Crippen LogP contribution is -2.12. The number of para-hydroxylation sites is 1. The van der Waals surface area contributed by atoms with E-state index in [1.165, 1.54) is 0 Å². The topological polar surface area (TPSA) is 29.1 Å². The van der Waals surface area contributed by atoms with Gasteiger partial charge in [0, 0.05) is 14.5 Å². The molecule has 0 atom stereocenters. The van der Waals surface area contributed by atoms with Gasteiger partial charge in [-0.3, -0.25) is 4.79 Å². The summed E-state index contributed by atoms with van der Waals surface area (Å²) >= 11 is 6.82. The van der Waals surface area contributed by atoms with Crippen molar-refractivity contribution in [2.75, 3.05) is 5.32 Å². The van der Waals surface area contributed by atoms with E-state index >= 15 is 0 Å². The van der Waals surface area contributed by atoms with Gasteiger partial charge in [-0.25, -0.2) is 0 Å². The zero-order chi connectivity index (χ0) is 13.1. The third-order valence-electron chi connectivity index (χ3n) is 2.54. The van der Waals surface area contributed by atoms with E-state index in [9.17, 15) is 4.79 Å². The van der Waals surface area contributed by atoms with Gasteiger partial charge in [0.2, 0.25) is 0 Å². The Hall–Kier alpha value is -1.13. The standard InChI is InChI=1S/C14H11Br2NO/c1-9-8-10(6-7-11(9)15)14(18)17-13-5-3-2-4-12(13)16/h2-8H,1H3,(H,17,18). The van der Waals surface area contributed by atoms with Crippen molar-refractivity contribution < 1.29 is 4.79 Å². The molecule has 2 nitrogen and oxygen atoms in total. The van der Waals surface area contributed by atoms with Gasteiger partial charge >= 0.3 is 0 Å². The van der Waals surface area contributed by atoms with Crippen LogP contribution in [0.4, 0.5) is 5.69 Å². The van der Waals surface area contributed by atoms with Gasteiger partial charge in [-0.2, -0.15) is 0 Å². The lowest BCUT2D eigenvalue weighted by Gasteiger charge is -2.08. The number of hydrogen-bond donors (Lipinski definition) is 1. The molecule has 4 heteroatoms. The normalized spacial score (nSPS) is 10.2. The van der Waals surface area contributed by atoms with Gasteiger partial charge in [-0.05, 0) is 58.7 Å². The van der Waals surface area contributed by atoms with Crippen LogP contribution in [-0.4, -0.2) is 5.91 Å². The largest absolute Gasteiger partial charge is 0.321 e. The summed E-state index contributed by atoms with van der Waals surface area (Å²) < 4.78 is 1.87. The first-order valence-electron chi connectivity index (χ1n) is 5.40. The van der Waals surface area contributed by atoms with Gasteiger partial charge in [0.05, 0.1) is 5.69 Å². The molecule has 2 aromatic rings. The van der Waals surface area contributed by atoms with Crippen molar-refractivity contribution in [3.05, 3.63) is 62.5 Å². The average molecular weight is 369 g/mol. The van der Waals surface area contributed by atoms with Crippen LogP contribution >= 0.6 is 31.9 Å². The van der Waals surface area contributed by atoms with E-state index in [1.54, 1.807) is 6.07 Å². The Morgan fingerprint density at radius 2 is 1.78 bits per heavy atom. The first kappa shape index (κ1) is 13.3. The Morgan fingerprint density at radius 3 is 2.44 bits per heavy atom. The molecule has 0 saturated carbocycles. The predicted octanol–water partition coefficient (Wildman–Crippen LogP) is 4.77. The number of amides is 1. The molecular formula is C14H11Br2NO. The van der Waals surface area contributed by atoms with Crippen molar-refractivity contribution in [1.29, 1.82) is 0 Å². The Labute approximate surface area is 123 Å². The fraction of sp³-hybridized carbons (Fsp3) is 0.0714. The second kappa shape index (κ2) is 5.67. The molecule has 1 N–H and O–H groups in total. The number of benzene rings is 2. The van der Waals surface area contributed by atoms with Gasteiger partial charge < -0.3 is 5.32 Å². The van der Waals surface area contributed by atoms with Gasteiger partial charge in [0.1, 0.15) is 0 Å². The van der Waals surface area contributed by atoms with E-state index in [0.717, 1.165) is 20.2 Å². The van der Waals surface area contributed by atoms with Crippen LogP contribution in [-0.2, 0) is 0 Å². The second-order valence-corrected chi connectivity index (χ2v) is 5.61. The van der Waals surface area contributed by atoms with E-state index in [1.807, 2.05) is 43.3 Å². The highest BCUT2D eigenvalue weighted by Gasteiger charge is 2.08. The molecule has 18 heavy (non-hydrogen) atoms. The molecule has 0 spiro atoms. The summed E-state index contributed by atoms with van der Waals surface area (Å²) in [4.78, 5) is 12.1. The second-order valence-electron chi connectivity index (χ2n) is 3.90. The number of carbonyl (C=O) groups is 1. The smallest absolute Gasteiger partial charge is 0.255 e. The van der Waals surface area contributed by atoms with Crippen LogP contribution in [0.15, 0.2) is 51.4 Å². The number of nitrogens with one attached hydrogen (secondary N) is 1. The molecule has 92 valence electrons. The first-order chi connectivity index (χ1) is 8.58. The van der Waals surface area contributed by atoms with Crippen LogP contribution in [0.1, 0.15) is 15.9 Å². The van der Waals surface area contributed by atoms with E-state index in [0.29, 0.717) is 5.56 Å². The monoisotopic (exact) mass is 367 g/mol. The number of anilines is 1. The molecular weight excluding hydrogens is 358 g/mol. The zero-order valence-electron chi connectivity index (χ0n) is 9.71. The molecule has 2 aromatic carbocycles. The SMILES string of the molecule is Cc1cc(C(=O)Nc2ccccc2Br)ccc1Br. The molecule has 2 rings (SSSR count). The van der Waals surface area contributed by atoms with Crippen molar-refractivity contribution in [3.8, 4) is 0 Å². The van der Waals surface area contributed by atoms with Crippen molar-refractivity contribution in [2.24, 2.45) is 0 Å². The third-order valence-corrected chi connectivity index (χ3v) is 4.12. The van der Waals surface area contributed by atoms with E-state index in [2.05, 4.69) is 37.2 Å². The van der Waals surface area contributed by atoms with Crippen molar-refractivity contribution >= 4 is 43.5 Å². The minimum atomic E-state index is -0.113. The van der Waals surface area contributed by atoms with Crippen molar-refractivity contribution in [3.63, 3.8) is 0 Å². The molecule has 0 aromatic heterocycles. The zero-order valence-corrected chi connectivity index (χ0v) is 12.9. The minimum Gasteiger partial charge on any atom is -0.321 e. The first-order valence-corrected chi connectivity index (χ1v) is 6.98. The van der Waals surface area contributed by atoms with Crippen molar-refractivity contribution in [2.45, 2.75) is 6.92 Å². The van der Waals surface area contributed by atoms with Gasteiger partial charge in [0.25, 0.3) is 5.91 Å². The molecule has 0 aliphatic rings. The molecule has 0 heterocycles. The number of rotatable bonds is 2. The summed E-state index contributed by atoms with van der Waals surface area (Å²) in [5, 5.41) is 2.87. The van der Waals surface area contributed by atoms with E-state index in [4.69, 9.17) is 0 Å². The summed E-state index contributed by atoms with van der Waals surface area (Å²) in [6.07, 6.45) is 0. The molecule has 0 saturated heterocycles. The number of halogens is 2. The van der Waals surface area contributed by atoms with Gasteiger partial charge in [-0.15, -0.1) is 0 Å². The molecule has 0 aliphatic carbocycles. The summed E-state index contributed by atoms with van der Waals surface area (Å²) in [7, 11) is 0. The van der Waals surface area contributed by atoms with Crippen LogP contribution in [0.25, 0.3) is 0 Å². The van der Waals surface area contributed by atoms with Crippen LogP contribution in [0.2, 0.25) is 0 Å². The summed E-state index contributed by atoms with van der Waals surface area (Å²) in [6, 6.07) is 13.1. The highest BCUT2D eigenvalue weighted by Crippen LogP contribution is 2.23. The Morgan fingerprint density at radius 1 is 1.06 bits per heavy atom. The predicted molar refractivity (Wildman–Crippen MR) is 81.0 cm³/mol. The molecule has 0 aliphatic heterocycles. The van der Waals surface area contributed by atoms with Crippen LogP contribution < -0.4 is 5.32 Å². The third kappa shape index (κ3) is 3.00. The Bertz CT molecular complexity index is 596. The molecule has 0 bridgehead atoms.